The summed E-state index contributed by atoms with van der Waals surface area (Å²) < 4.78 is 30.9. The van der Waals surface area contributed by atoms with Crippen molar-refractivity contribution in [3.63, 3.8) is 0 Å². The van der Waals surface area contributed by atoms with Crippen molar-refractivity contribution in [2.24, 2.45) is 0 Å². The highest BCUT2D eigenvalue weighted by molar-refractivity contribution is 5.93. The number of benzene rings is 2. The number of anilines is 1. The van der Waals surface area contributed by atoms with Crippen LogP contribution in [0.1, 0.15) is 0 Å². The Morgan fingerprint density at radius 1 is 1.10 bits per heavy atom. The molecule has 2 aromatic carbocycles. The zero-order valence-electron chi connectivity index (χ0n) is 10.8. The average molecular weight is 277 g/mol. The summed E-state index contributed by atoms with van der Waals surface area (Å²) in [6.07, 6.45) is 0. The number of carbonyl (C=O) groups excluding carboxylic acids is 1. The first-order valence-electron chi connectivity index (χ1n) is 5.97. The number of carbonyl (C=O) groups is 1. The maximum atomic E-state index is 13.0. The molecular formula is C15H13F2NO2. The number of para-hydroxylation sites is 1. The molecule has 0 fully saturated rings. The van der Waals surface area contributed by atoms with Gasteiger partial charge in [-0.3, -0.25) is 4.79 Å². The molecule has 0 atom stereocenters. The number of amides is 1. The van der Waals surface area contributed by atoms with Gasteiger partial charge in [0.15, 0.2) is 18.2 Å². The van der Waals surface area contributed by atoms with Crippen LogP contribution in [0.3, 0.4) is 0 Å². The van der Waals surface area contributed by atoms with Gasteiger partial charge in [0.1, 0.15) is 5.75 Å². The van der Waals surface area contributed by atoms with Crippen molar-refractivity contribution in [2.45, 2.75) is 0 Å². The molecule has 3 nitrogen and oxygen atoms in total. The minimum Gasteiger partial charge on any atom is -0.484 e. The standard InChI is InChI=1S/C15H13F2NO2/c1-18(11-5-3-2-4-6-11)15(19)10-20-12-7-8-13(16)14(17)9-12/h2-9H,10H2,1H3. The summed E-state index contributed by atoms with van der Waals surface area (Å²) >= 11 is 0. The Bertz CT molecular complexity index is 602. The molecule has 2 rings (SSSR count). The summed E-state index contributed by atoms with van der Waals surface area (Å²) in [6, 6.07) is 12.2. The van der Waals surface area contributed by atoms with Gasteiger partial charge in [-0.2, -0.15) is 0 Å². The Labute approximate surface area is 115 Å². The van der Waals surface area contributed by atoms with E-state index in [1.807, 2.05) is 18.2 Å². The van der Waals surface area contributed by atoms with Crippen LogP contribution >= 0.6 is 0 Å². The molecule has 0 radical (unpaired) electrons. The third-order valence-corrected chi connectivity index (χ3v) is 2.77. The minimum absolute atomic E-state index is 0.110. The van der Waals surface area contributed by atoms with Gasteiger partial charge in [-0.25, -0.2) is 8.78 Å². The van der Waals surface area contributed by atoms with Crippen molar-refractivity contribution in [1.29, 1.82) is 0 Å². The Hall–Kier alpha value is -2.43. The Balaban J connectivity index is 1.96. The summed E-state index contributed by atoms with van der Waals surface area (Å²) in [4.78, 5) is 13.3. The lowest BCUT2D eigenvalue weighted by Crippen LogP contribution is -2.31. The molecule has 0 aliphatic heterocycles. The summed E-state index contributed by atoms with van der Waals surface area (Å²) in [5, 5.41) is 0. The Morgan fingerprint density at radius 2 is 1.80 bits per heavy atom. The second kappa shape index (κ2) is 6.14. The average Bonchev–Trinajstić information content (AvgIpc) is 2.48. The maximum absolute atomic E-state index is 13.0. The quantitative estimate of drug-likeness (QED) is 0.859. The van der Waals surface area contributed by atoms with Crippen LogP contribution in [-0.2, 0) is 4.79 Å². The summed E-state index contributed by atoms with van der Waals surface area (Å²) in [5.74, 6) is -2.14. The molecule has 0 bridgehead atoms. The van der Waals surface area contributed by atoms with Crippen molar-refractivity contribution in [1.82, 2.24) is 0 Å². The third-order valence-electron chi connectivity index (χ3n) is 2.77. The first kappa shape index (κ1) is 14.0. The first-order chi connectivity index (χ1) is 9.58. The molecule has 0 aliphatic rings. The van der Waals surface area contributed by atoms with Gasteiger partial charge in [0.2, 0.25) is 0 Å². The van der Waals surface area contributed by atoms with E-state index >= 15 is 0 Å². The van der Waals surface area contributed by atoms with E-state index in [9.17, 15) is 13.6 Å². The first-order valence-corrected chi connectivity index (χ1v) is 5.97. The molecule has 20 heavy (non-hydrogen) atoms. The van der Waals surface area contributed by atoms with Crippen LogP contribution in [-0.4, -0.2) is 19.6 Å². The molecule has 0 saturated heterocycles. The van der Waals surface area contributed by atoms with Gasteiger partial charge in [0.05, 0.1) is 0 Å². The zero-order valence-corrected chi connectivity index (χ0v) is 10.8. The SMILES string of the molecule is CN(C(=O)COc1ccc(F)c(F)c1)c1ccccc1. The van der Waals surface area contributed by atoms with E-state index in [0.29, 0.717) is 0 Å². The summed E-state index contributed by atoms with van der Waals surface area (Å²) in [6.45, 7) is -0.254. The predicted molar refractivity (Wildman–Crippen MR) is 71.7 cm³/mol. The van der Waals surface area contributed by atoms with Crippen LogP contribution in [0, 0.1) is 11.6 Å². The fourth-order valence-corrected chi connectivity index (χ4v) is 1.60. The molecule has 1 amide bonds. The fraction of sp³-hybridized carbons (Fsp3) is 0.133. The number of hydrogen-bond acceptors (Lipinski definition) is 2. The predicted octanol–water partition coefficient (Wildman–Crippen LogP) is 3.01. The van der Waals surface area contributed by atoms with Crippen LogP contribution in [0.25, 0.3) is 0 Å². The topological polar surface area (TPSA) is 29.5 Å². The largest absolute Gasteiger partial charge is 0.484 e. The van der Waals surface area contributed by atoms with Crippen molar-refractivity contribution < 1.29 is 18.3 Å². The number of rotatable bonds is 4. The van der Waals surface area contributed by atoms with E-state index in [1.165, 1.54) is 11.0 Å². The van der Waals surface area contributed by atoms with Gasteiger partial charge in [-0.1, -0.05) is 18.2 Å². The smallest absolute Gasteiger partial charge is 0.264 e. The second-order valence-corrected chi connectivity index (χ2v) is 4.15. The van der Waals surface area contributed by atoms with Gasteiger partial charge >= 0.3 is 0 Å². The van der Waals surface area contributed by atoms with Crippen LogP contribution < -0.4 is 9.64 Å². The molecule has 0 N–H and O–H groups in total. The third kappa shape index (κ3) is 3.32. The lowest BCUT2D eigenvalue weighted by atomic mass is 10.3. The van der Waals surface area contributed by atoms with Gasteiger partial charge in [0, 0.05) is 18.8 Å². The van der Waals surface area contributed by atoms with E-state index in [2.05, 4.69) is 0 Å². The van der Waals surface area contributed by atoms with Gasteiger partial charge in [-0.05, 0) is 24.3 Å². The minimum atomic E-state index is -1.01. The molecule has 0 aliphatic carbocycles. The molecule has 0 heterocycles. The van der Waals surface area contributed by atoms with Crippen molar-refractivity contribution in [3.8, 4) is 5.75 Å². The van der Waals surface area contributed by atoms with Crippen molar-refractivity contribution >= 4 is 11.6 Å². The van der Waals surface area contributed by atoms with Crippen LogP contribution in [0.4, 0.5) is 14.5 Å². The molecule has 0 saturated carbocycles. The zero-order chi connectivity index (χ0) is 14.5. The number of halogens is 2. The van der Waals surface area contributed by atoms with E-state index in [0.717, 1.165) is 17.8 Å². The Kier molecular flexibility index (Phi) is 4.30. The highest BCUT2D eigenvalue weighted by atomic mass is 19.2. The number of ether oxygens (including phenoxy) is 1. The lowest BCUT2D eigenvalue weighted by molar-refractivity contribution is -0.120. The molecular weight excluding hydrogens is 264 g/mol. The second-order valence-electron chi connectivity index (χ2n) is 4.15. The normalized spacial score (nSPS) is 10.2. The maximum Gasteiger partial charge on any atom is 0.264 e. The van der Waals surface area contributed by atoms with E-state index < -0.39 is 11.6 Å². The number of nitrogens with zero attached hydrogens (tertiary/aromatic N) is 1. The van der Waals surface area contributed by atoms with Gasteiger partial charge in [0.25, 0.3) is 5.91 Å². The highest BCUT2D eigenvalue weighted by Crippen LogP contribution is 2.16. The van der Waals surface area contributed by atoms with E-state index in [4.69, 9.17) is 4.74 Å². The lowest BCUT2D eigenvalue weighted by Gasteiger charge is -2.17. The monoisotopic (exact) mass is 277 g/mol. The van der Waals surface area contributed by atoms with E-state index in [1.54, 1.807) is 19.2 Å². The number of hydrogen-bond donors (Lipinski definition) is 0. The summed E-state index contributed by atoms with van der Waals surface area (Å²) in [5.41, 5.74) is 0.728. The summed E-state index contributed by atoms with van der Waals surface area (Å²) in [7, 11) is 1.62. The molecule has 0 aromatic heterocycles. The van der Waals surface area contributed by atoms with Crippen molar-refractivity contribution in [3.05, 3.63) is 60.2 Å². The van der Waals surface area contributed by atoms with Gasteiger partial charge < -0.3 is 9.64 Å². The van der Waals surface area contributed by atoms with Crippen molar-refractivity contribution in [2.75, 3.05) is 18.6 Å². The van der Waals surface area contributed by atoms with Crippen LogP contribution in [0.2, 0.25) is 0 Å². The molecule has 0 spiro atoms. The Morgan fingerprint density at radius 3 is 2.45 bits per heavy atom. The molecule has 0 unspecified atom stereocenters. The molecule has 104 valence electrons. The van der Waals surface area contributed by atoms with Gasteiger partial charge in [-0.15, -0.1) is 0 Å². The van der Waals surface area contributed by atoms with Crippen LogP contribution in [0.5, 0.6) is 5.75 Å². The fourth-order valence-electron chi connectivity index (χ4n) is 1.60. The molecule has 5 heteroatoms. The number of likely N-dealkylation sites (N-methyl/N-ethyl adjacent to an activating group) is 1. The van der Waals surface area contributed by atoms with E-state index in [-0.39, 0.29) is 18.3 Å². The molecule has 2 aromatic rings. The van der Waals surface area contributed by atoms with Crippen LogP contribution in [0.15, 0.2) is 48.5 Å². The highest BCUT2D eigenvalue weighted by Gasteiger charge is 2.12.